The third-order valence-corrected chi connectivity index (χ3v) is 4.13. The summed E-state index contributed by atoms with van der Waals surface area (Å²) in [4.78, 5) is 10.9. The zero-order chi connectivity index (χ0) is 18.9. The highest BCUT2D eigenvalue weighted by Crippen LogP contribution is 2.27. The van der Waals surface area contributed by atoms with E-state index in [1.807, 2.05) is 78.9 Å². The van der Waals surface area contributed by atoms with E-state index in [9.17, 15) is 4.79 Å². The highest BCUT2D eigenvalue weighted by molar-refractivity contribution is 5.67. The van der Waals surface area contributed by atoms with Gasteiger partial charge in [0.1, 0.15) is 24.7 Å². The number of carbonyl (C=O) groups is 1. The van der Waals surface area contributed by atoms with E-state index in [1.54, 1.807) is 0 Å². The van der Waals surface area contributed by atoms with Crippen LogP contribution in [0.15, 0.2) is 78.9 Å². The summed E-state index contributed by atoms with van der Waals surface area (Å²) in [5.41, 5.74) is 3.00. The third kappa shape index (κ3) is 5.89. The minimum Gasteiger partial charge on any atom is -0.489 e. The van der Waals surface area contributed by atoms with Gasteiger partial charge in [-0.1, -0.05) is 66.7 Å². The molecule has 0 radical (unpaired) electrons. The fourth-order valence-corrected chi connectivity index (χ4v) is 2.68. The van der Waals surface area contributed by atoms with Crippen LogP contribution in [0.2, 0.25) is 0 Å². The summed E-state index contributed by atoms with van der Waals surface area (Å²) >= 11 is 0. The summed E-state index contributed by atoms with van der Waals surface area (Å²) in [6, 6.07) is 25.4. The van der Waals surface area contributed by atoms with Gasteiger partial charge in [0.05, 0.1) is 0 Å². The van der Waals surface area contributed by atoms with Crippen LogP contribution in [0.1, 0.15) is 23.1 Å². The van der Waals surface area contributed by atoms with Crippen molar-refractivity contribution >= 4 is 5.97 Å². The Hall–Kier alpha value is -3.27. The molecule has 0 heterocycles. The number of hydrogen-bond donors (Lipinski definition) is 1. The van der Waals surface area contributed by atoms with E-state index < -0.39 is 5.97 Å². The van der Waals surface area contributed by atoms with Crippen molar-refractivity contribution in [1.29, 1.82) is 0 Å². The average Bonchev–Trinajstić information content (AvgIpc) is 2.71. The molecular formula is C23H22O4. The normalized spacial score (nSPS) is 10.4. The Labute approximate surface area is 159 Å². The highest BCUT2D eigenvalue weighted by atomic mass is 16.5. The lowest BCUT2D eigenvalue weighted by molar-refractivity contribution is -0.136. The Morgan fingerprint density at radius 3 is 1.96 bits per heavy atom. The van der Waals surface area contributed by atoms with Crippen molar-refractivity contribution < 1.29 is 19.4 Å². The molecule has 3 aromatic carbocycles. The molecule has 0 saturated carbocycles. The molecule has 0 spiro atoms. The fraction of sp³-hybridized carbons (Fsp3) is 0.174. The maximum Gasteiger partial charge on any atom is 0.303 e. The van der Waals surface area contributed by atoms with E-state index in [1.165, 1.54) is 0 Å². The van der Waals surface area contributed by atoms with E-state index in [0.29, 0.717) is 31.1 Å². The summed E-state index contributed by atoms with van der Waals surface area (Å²) in [5.74, 6) is 0.528. The Kier molecular flexibility index (Phi) is 6.47. The first kappa shape index (κ1) is 18.5. The van der Waals surface area contributed by atoms with Crippen LogP contribution in [0.5, 0.6) is 11.5 Å². The van der Waals surface area contributed by atoms with Crippen LogP contribution in [0.25, 0.3) is 0 Å². The van der Waals surface area contributed by atoms with Gasteiger partial charge in [-0.15, -0.1) is 0 Å². The zero-order valence-electron chi connectivity index (χ0n) is 15.0. The Morgan fingerprint density at radius 1 is 0.778 bits per heavy atom. The molecule has 0 aliphatic carbocycles. The summed E-state index contributed by atoms with van der Waals surface area (Å²) in [6.07, 6.45) is 0.477. The number of rotatable bonds is 9. The van der Waals surface area contributed by atoms with Crippen LogP contribution in [-0.2, 0) is 24.4 Å². The molecule has 0 aliphatic rings. The number of hydrogen-bond acceptors (Lipinski definition) is 3. The number of carboxylic acid groups (broad SMARTS) is 1. The van der Waals surface area contributed by atoms with E-state index in [4.69, 9.17) is 14.6 Å². The molecule has 1 N–H and O–H groups in total. The lowest BCUT2D eigenvalue weighted by Gasteiger charge is -2.14. The molecule has 0 fully saturated rings. The van der Waals surface area contributed by atoms with Crippen LogP contribution in [0, 0.1) is 0 Å². The molecular weight excluding hydrogens is 340 g/mol. The minimum absolute atomic E-state index is 0.0614. The number of aliphatic carboxylic acids is 1. The predicted octanol–water partition coefficient (Wildman–Crippen LogP) is 4.86. The first-order valence-corrected chi connectivity index (χ1v) is 8.89. The quantitative estimate of drug-likeness (QED) is 0.590. The van der Waals surface area contributed by atoms with Crippen molar-refractivity contribution in [3.63, 3.8) is 0 Å². The second-order valence-corrected chi connectivity index (χ2v) is 6.21. The van der Waals surface area contributed by atoms with Crippen molar-refractivity contribution in [2.45, 2.75) is 26.1 Å². The molecule has 4 nitrogen and oxygen atoms in total. The van der Waals surface area contributed by atoms with E-state index in [2.05, 4.69) is 0 Å². The number of carboxylic acids is 1. The lowest BCUT2D eigenvalue weighted by atomic mass is 10.1. The van der Waals surface area contributed by atoms with Gasteiger partial charge in [0.2, 0.25) is 0 Å². The van der Waals surface area contributed by atoms with E-state index in [0.717, 1.165) is 16.7 Å². The number of aryl methyl sites for hydroxylation is 1. The van der Waals surface area contributed by atoms with Gasteiger partial charge in [0.25, 0.3) is 0 Å². The molecule has 0 bridgehead atoms. The number of benzene rings is 3. The second kappa shape index (κ2) is 9.43. The molecule has 4 heteroatoms. The Bertz CT molecular complexity index is 860. The molecule has 0 atom stereocenters. The first-order valence-electron chi connectivity index (χ1n) is 8.89. The average molecular weight is 362 g/mol. The number of ether oxygens (including phenoxy) is 2. The van der Waals surface area contributed by atoms with Crippen LogP contribution < -0.4 is 9.47 Å². The van der Waals surface area contributed by atoms with Gasteiger partial charge in [-0.3, -0.25) is 4.79 Å². The molecule has 27 heavy (non-hydrogen) atoms. The van der Waals surface area contributed by atoms with E-state index in [-0.39, 0.29) is 6.42 Å². The minimum atomic E-state index is -0.826. The largest absolute Gasteiger partial charge is 0.489 e. The predicted molar refractivity (Wildman–Crippen MR) is 104 cm³/mol. The Balaban J connectivity index is 1.72. The molecule has 0 unspecified atom stereocenters. The summed E-state index contributed by atoms with van der Waals surface area (Å²) < 4.78 is 11.8. The molecule has 3 rings (SSSR count). The lowest BCUT2D eigenvalue weighted by Crippen LogP contribution is -2.03. The monoisotopic (exact) mass is 362 g/mol. The molecule has 138 valence electrons. The van der Waals surface area contributed by atoms with Crippen molar-refractivity contribution in [3.8, 4) is 11.5 Å². The molecule has 0 aliphatic heterocycles. The standard InChI is InChI=1S/C23H22O4/c24-23(25)14-12-20-11-13-21(26-16-18-7-3-1-4-8-18)15-22(20)27-17-19-9-5-2-6-10-19/h1-11,13,15H,12,14,16-17H2,(H,24,25). The van der Waals surface area contributed by atoms with Gasteiger partial charge < -0.3 is 14.6 Å². The topological polar surface area (TPSA) is 55.8 Å². The van der Waals surface area contributed by atoms with E-state index >= 15 is 0 Å². The van der Waals surface area contributed by atoms with Gasteiger partial charge in [-0.25, -0.2) is 0 Å². The van der Waals surface area contributed by atoms with Crippen molar-refractivity contribution in [1.82, 2.24) is 0 Å². The summed E-state index contributed by atoms with van der Waals surface area (Å²) in [7, 11) is 0. The van der Waals surface area contributed by atoms with Crippen LogP contribution in [-0.4, -0.2) is 11.1 Å². The fourth-order valence-electron chi connectivity index (χ4n) is 2.68. The SMILES string of the molecule is O=C(O)CCc1ccc(OCc2ccccc2)cc1OCc1ccccc1. The smallest absolute Gasteiger partial charge is 0.303 e. The highest BCUT2D eigenvalue weighted by Gasteiger charge is 2.09. The maximum atomic E-state index is 10.9. The third-order valence-electron chi connectivity index (χ3n) is 4.13. The van der Waals surface area contributed by atoms with Crippen LogP contribution >= 0.6 is 0 Å². The van der Waals surface area contributed by atoms with Crippen LogP contribution in [0.4, 0.5) is 0 Å². The molecule has 0 aromatic heterocycles. The van der Waals surface area contributed by atoms with Gasteiger partial charge >= 0.3 is 5.97 Å². The molecule has 3 aromatic rings. The molecule has 0 amide bonds. The van der Waals surface area contributed by atoms with Crippen molar-refractivity contribution in [3.05, 3.63) is 95.6 Å². The van der Waals surface area contributed by atoms with Gasteiger partial charge in [0.15, 0.2) is 0 Å². The Morgan fingerprint density at radius 2 is 1.37 bits per heavy atom. The second-order valence-electron chi connectivity index (χ2n) is 6.21. The van der Waals surface area contributed by atoms with Gasteiger partial charge in [-0.2, -0.15) is 0 Å². The van der Waals surface area contributed by atoms with Gasteiger partial charge in [0, 0.05) is 12.5 Å². The summed E-state index contributed by atoms with van der Waals surface area (Å²) in [5, 5.41) is 8.97. The molecule has 0 saturated heterocycles. The first-order chi connectivity index (χ1) is 13.2. The maximum absolute atomic E-state index is 10.9. The van der Waals surface area contributed by atoms with Gasteiger partial charge in [-0.05, 0) is 29.2 Å². The van der Waals surface area contributed by atoms with Crippen LogP contribution in [0.3, 0.4) is 0 Å². The van der Waals surface area contributed by atoms with Crippen molar-refractivity contribution in [2.24, 2.45) is 0 Å². The zero-order valence-corrected chi connectivity index (χ0v) is 15.0. The summed E-state index contributed by atoms with van der Waals surface area (Å²) in [6.45, 7) is 0.885. The van der Waals surface area contributed by atoms with Crippen molar-refractivity contribution in [2.75, 3.05) is 0 Å².